The lowest BCUT2D eigenvalue weighted by Gasteiger charge is -2.43. The van der Waals surface area contributed by atoms with Crippen LogP contribution in [0.2, 0.25) is 0 Å². The van der Waals surface area contributed by atoms with Gasteiger partial charge in [-0.2, -0.15) is 0 Å². The number of hydrazine groups is 2. The number of rotatable bonds is 4. The highest BCUT2D eigenvalue weighted by molar-refractivity contribution is 6.07. The molecule has 5 rings (SSSR count). The molecule has 7 N–H and O–H groups in total. The molecule has 3 aliphatic rings. The van der Waals surface area contributed by atoms with E-state index in [0.29, 0.717) is 29.3 Å². The van der Waals surface area contributed by atoms with Crippen molar-refractivity contribution in [1.82, 2.24) is 25.2 Å². The number of aromatic nitrogens is 1. The molecule has 222 valence electrons. The summed E-state index contributed by atoms with van der Waals surface area (Å²) in [4.78, 5) is 24.6. The number of allylic oxidation sites excluding steroid dienone is 1. The van der Waals surface area contributed by atoms with Crippen LogP contribution in [0.3, 0.4) is 0 Å². The van der Waals surface area contributed by atoms with Crippen LogP contribution in [0, 0.1) is 0 Å². The van der Waals surface area contributed by atoms with Gasteiger partial charge in [0.1, 0.15) is 5.82 Å². The zero-order valence-corrected chi connectivity index (χ0v) is 25.4. The Bertz CT molecular complexity index is 1310. The summed E-state index contributed by atoms with van der Waals surface area (Å²) in [5.74, 6) is 12.9. The molecule has 2 aromatic rings. The average molecular weight is 564 g/mol. The van der Waals surface area contributed by atoms with Crippen molar-refractivity contribution in [2.45, 2.75) is 65.7 Å². The minimum atomic E-state index is -0.399. The van der Waals surface area contributed by atoms with E-state index >= 15 is 0 Å². The van der Waals surface area contributed by atoms with Gasteiger partial charge in [0.05, 0.1) is 23.3 Å². The lowest BCUT2D eigenvalue weighted by Crippen LogP contribution is -2.57. The minimum Gasteiger partial charge on any atom is -0.353 e. The zero-order chi connectivity index (χ0) is 30.0. The molecule has 0 bridgehead atoms. The molecule has 12 heteroatoms. The SMILES string of the molecule is CC.CC1=C(C(=O)Nc2ccc3c(c2)C(c2ccnc(N4CC(C)N(C)C(C)C4)c2)NN3)C(C)N(N)/C(=N\N)N1C. The second kappa shape index (κ2) is 12.3. The number of guanidine groups is 1. The van der Waals surface area contributed by atoms with E-state index in [-0.39, 0.29) is 11.9 Å². The first-order valence-electron chi connectivity index (χ1n) is 14.3. The third kappa shape index (κ3) is 5.67. The number of benzene rings is 1. The number of carbonyl (C=O) groups is 1. The van der Waals surface area contributed by atoms with Crippen LogP contribution >= 0.6 is 0 Å². The molecular weight excluding hydrogens is 518 g/mol. The van der Waals surface area contributed by atoms with Gasteiger partial charge in [0.15, 0.2) is 0 Å². The highest BCUT2D eigenvalue weighted by atomic mass is 16.1. The van der Waals surface area contributed by atoms with Crippen molar-refractivity contribution < 1.29 is 4.79 Å². The first kappa shape index (κ1) is 30.1. The van der Waals surface area contributed by atoms with Crippen molar-refractivity contribution in [3.63, 3.8) is 0 Å². The fourth-order valence-corrected chi connectivity index (χ4v) is 5.69. The van der Waals surface area contributed by atoms with Gasteiger partial charge in [0.2, 0.25) is 5.96 Å². The molecule has 4 heterocycles. The van der Waals surface area contributed by atoms with Crippen LogP contribution in [0.1, 0.15) is 58.7 Å². The highest BCUT2D eigenvalue weighted by Gasteiger charge is 2.35. The number of hydrogen-bond acceptors (Lipinski definition) is 9. The summed E-state index contributed by atoms with van der Waals surface area (Å²) >= 11 is 0. The molecule has 0 aliphatic carbocycles. The Hall–Kier alpha value is -3.87. The number of fused-ring (bicyclic) bond motifs is 1. The van der Waals surface area contributed by atoms with Crippen LogP contribution in [0.5, 0.6) is 0 Å². The monoisotopic (exact) mass is 563 g/mol. The second-order valence-corrected chi connectivity index (χ2v) is 10.7. The summed E-state index contributed by atoms with van der Waals surface area (Å²) in [6.07, 6.45) is 1.87. The summed E-state index contributed by atoms with van der Waals surface area (Å²) in [5, 5.41) is 8.23. The Kier molecular flexibility index (Phi) is 9.05. The van der Waals surface area contributed by atoms with Crippen molar-refractivity contribution in [1.29, 1.82) is 0 Å². The van der Waals surface area contributed by atoms with Gasteiger partial charge in [-0.1, -0.05) is 13.8 Å². The number of hydrazone groups is 1. The van der Waals surface area contributed by atoms with Crippen LogP contribution in [0.15, 0.2) is 52.9 Å². The van der Waals surface area contributed by atoms with E-state index < -0.39 is 6.04 Å². The number of nitrogens with zero attached hydrogens (tertiary/aromatic N) is 6. The molecule has 1 fully saturated rings. The second-order valence-electron chi connectivity index (χ2n) is 10.7. The van der Waals surface area contributed by atoms with Crippen molar-refractivity contribution in [2.75, 3.05) is 42.8 Å². The summed E-state index contributed by atoms with van der Waals surface area (Å²) in [7, 11) is 3.96. The molecule has 1 aromatic carbocycles. The molecule has 3 aliphatic heterocycles. The van der Waals surface area contributed by atoms with Crippen molar-refractivity contribution in [3.05, 3.63) is 58.9 Å². The van der Waals surface area contributed by atoms with Gasteiger partial charge in [-0.05, 0) is 70.6 Å². The normalized spacial score (nSPS) is 25.5. The van der Waals surface area contributed by atoms with Gasteiger partial charge in [-0.3, -0.25) is 14.7 Å². The molecular formula is C29H45N11O. The van der Waals surface area contributed by atoms with E-state index in [2.05, 4.69) is 58.0 Å². The Morgan fingerprint density at radius 2 is 1.78 bits per heavy atom. The molecule has 1 amide bonds. The number of likely N-dealkylation sites (N-methyl/N-ethyl adjacent to an activating group) is 1. The topological polar surface area (TPSA) is 143 Å². The predicted octanol–water partition coefficient (Wildman–Crippen LogP) is 2.61. The van der Waals surface area contributed by atoms with Gasteiger partial charge in [0.25, 0.3) is 5.91 Å². The quantitative estimate of drug-likeness (QED) is 0.278. The van der Waals surface area contributed by atoms with E-state index in [1.807, 2.05) is 58.2 Å². The number of anilines is 3. The molecule has 41 heavy (non-hydrogen) atoms. The Morgan fingerprint density at radius 3 is 2.44 bits per heavy atom. The number of carbonyl (C=O) groups excluding carboxylic acids is 1. The molecule has 1 saturated heterocycles. The summed E-state index contributed by atoms with van der Waals surface area (Å²) in [6.45, 7) is 14.1. The van der Waals surface area contributed by atoms with Crippen LogP contribution in [-0.2, 0) is 4.79 Å². The Labute approximate surface area is 243 Å². The van der Waals surface area contributed by atoms with E-state index in [1.165, 1.54) is 5.01 Å². The molecule has 0 radical (unpaired) electrons. The van der Waals surface area contributed by atoms with E-state index in [0.717, 1.165) is 41.4 Å². The first-order valence-corrected chi connectivity index (χ1v) is 14.3. The lowest BCUT2D eigenvalue weighted by molar-refractivity contribution is -0.113. The highest BCUT2D eigenvalue weighted by Crippen LogP contribution is 2.36. The molecule has 1 aromatic heterocycles. The summed E-state index contributed by atoms with van der Waals surface area (Å²) in [5.41, 5.74) is 11.8. The van der Waals surface area contributed by atoms with Crippen molar-refractivity contribution in [2.24, 2.45) is 16.8 Å². The van der Waals surface area contributed by atoms with Crippen molar-refractivity contribution in [3.8, 4) is 0 Å². The molecule has 4 atom stereocenters. The largest absolute Gasteiger partial charge is 0.353 e. The van der Waals surface area contributed by atoms with Crippen LogP contribution in [0.4, 0.5) is 17.2 Å². The smallest absolute Gasteiger partial charge is 0.255 e. The van der Waals surface area contributed by atoms with Gasteiger partial charge in [0, 0.05) is 55.4 Å². The minimum absolute atomic E-state index is 0.0931. The standard InChI is InChI=1S/C27H39N11O.C2H6/c1-15-13-37(14-16(2)35(15)5)23-11-19(9-10-30-23)25-21-12-20(7-8-22(21)33-34-25)31-26(39)24-17(3)36(6)27(32-28)38(29)18(24)4;1-2/h7-12,15-16,18,25,33-34H,13-14,28-29H2,1-6H3,(H,31,39);1-2H3/b32-27-;. The van der Waals surface area contributed by atoms with Gasteiger partial charge in [-0.25, -0.2) is 16.3 Å². The number of amides is 1. The van der Waals surface area contributed by atoms with Gasteiger partial charge >= 0.3 is 0 Å². The molecule has 12 nitrogen and oxygen atoms in total. The third-order valence-corrected chi connectivity index (χ3v) is 8.38. The maximum atomic E-state index is 13.4. The molecule has 0 saturated carbocycles. The van der Waals surface area contributed by atoms with Crippen LogP contribution in [-0.4, -0.2) is 77.0 Å². The molecule has 0 spiro atoms. The Balaban J connectivity index is 0.00000189. The number of nitrogens with two attached hydrogens (primary N) is 2. The average Bonchev–Trinajstić information content (AvgIpc) is 3.39. The summed E-state index contributed by atoms with van der Waals surface area (Å²) < 4.78 is 0. The number of pyridine rings is 1. The van der Waals surface area contributed by atoms with E-state index in [9.17, 15) is 4.79 Å². The van der Waals surface area contributed by atoms with Crippen LogP contribution < -0.4 is 32.8 Å². The zero-order valence-electron chi connectivity index (χ0n) is 25.4. The van der Waals surface area contributed by atoms with Crippen molar-refractivity contribution >= 4 is 29.1 Å². The predicted molar refractivity (Wildman–Crippen MR) is 166 cm³/mol. The number of hydrogen-bond donors (Lipinski definition) is 5. The number of nitrogens with one attached hydrogen (secondary N) is 3. The number of piperazine rings is 1. The Morgan fingerprint density at radius 1 is 1.10 bits per heavy atom. The van der Waals surface area contributed by atoms with Gasteiger partial charge < -0.3 is 26.4 Å². The fraction of sp³-hybridized carbons (Fsp3) is 0.483. The maximum Gasteiger partial charge on any atom is 0.255 e. The summed E-state index contributed by atoms with van der Waals surface area (Å²) in [6, 6.07) is 10.5. The third-order valence-electron chi connectivity index (χ3n) is 8.38. The maximum absolute atomic E-state index is 13.4. The first-order chi connectivity index (χ1) is 19.6. The van der Waals surface area contributed by atoms with E-state index in [4.69, 9.17) is 16.7 Å². The van der Waals surface area contributed by atoms with Crippen LogP contribution in [0.25, 0.3) is 0 Å². The lowest BCUT2D eigenvalue weighted by atomic mass is 9.98. The van der Waals surface area contributed by atoms with E-state index in [1.54, 1.807) is 11.9 Å². The van der Waals surface area contributed by atoms with Gasteiger partial charge in [-0.15, -0.1) is 5.10 Å². The molecule has 4 unspecified atom stereocenters. The fourth-order valence-electron chi connectivity index (χ4n) is 5.69.